The lowest BCUT2D eigenvalue weighted by Gasteiger charge is -2.20. The highest BCUT2D eigenvalue weighted by Crippen LogP contribution is 2.09. The normalized spacial score (nSPS) is 11.0. The maximum atomic E-state index is 12.0. The molecule has 0 aliphatic heterocycles. The Morgan fingerprint density at radius 1 is 0.720 bits per heavy atom. The Morgan fingerprint density at radius 2 is 1.24 bits per heavy atom. The van der Waals surface area contributed by atoms with Gasteiger partial charge in [0, 0.05) is 26.1 Å². The maximum absolute atomic E-state index is 12.0. The summed E-state index contributed by atoms with van der Waals surface area (Å²) < 4.78 is 0. The zero-order valence-electron chi connectivity index (χ0n) is 18.6. The smallest absolute Gasteiger partial charge is 0.222 e. The van der Waals surface area contributed by atoms with Gasteiger partial charge in [0.05, 0.1) is 0 Å². The molecule has 0 aromatic rings. The van der Waals surface area contributed by atoms with Crippen molar-refractivity contribution in [2.24, 2.45) is 0 Å². The van der Waals surface area contributed by atoms with Crippen molar-refractivity contribution in [1.29, 1.82) is 0 Å². The van der Waals surface area contributed by atoms with Gasteiger partial charge in [-0.15, -0.1) is 0 Å². The van der Waals surface area contributed by atoms with Crippen LogP contribution in [0.25, 0.3) is 0 Å². The van der Waals surface area contributed by atoms with E-state index in [4.69, 9.17) is 0 Å². The molecule has 1 amide bonds. The number of unbranched alkanes of at least 4 members (excludes halogenated alkanes) is 5. The first-order valence-electron chi connectivity index (χ1n) is 10.4. The molecular formula is C21H47N3O. The van der Waals surface area contributed by atoms with Crippen molar-refractivity contribution in [2.45, 2.75) is 85.1 Å². The van der Waals surface area contributed by atoms with Gasteiger partial charge in [-0.05, 0) is 67.3 Å². The fraction of sp³-hybridized carbons (Fsp3) is 0.952. The molecule has 0 aromatic carbocycles. The molecule has 152 valence electrons. The molecule has 0 saturated heterocycles. The molecule has 0 spiro atoms. The number of amides is 1. The number of carbonyl (C=O) groups is 1. The lowest BCUT2D eigenvalue weighted by atomic mass is 10.1. The molecule has 0 heterocycles. The van der Waals surface area contributed by atoms with E-state index in [9.17, 15) is 4.79 Å². The summed E-state index contributed by atoms with van der Waals surface area (Å²) in [6, 6.07) is 0.649. The summed E-state index contributed by atoms with van der Waals surface area (Å²) in [5.41, 5.74) is 0. The molecule has 0 bridgehead atoms. The second-order valence-corrected chi connectivity index (χ2v) is 7.42. The third-order valence-corrected chi connectivity index (χ3v) is 4.56. The van der Waals surface area contributed by atoms with Crippen molar-refractivity contribution in [3.05, 3.63) is 0 Å². The van der Waals surface area contributed by atoms with Crippen LogP contribution in [-0.4, -0.2) is 74.5 Å². The summed E-state index contributed by atoms with van der Waals surface area (Å²) in [7, 11) is 8.28. The minimum absolute atomic E-state index is 0.308. The van der Waals surface area contributed by atoms with E-state index in [2.05, 4.69) is 44.8 Å². The largest absolute Gasteiger partial charge is 0.346 e. The molecular weight excluding hydrogens is 310 g/mol. The Hall–Kier alpha value is -0.610. The van der Waals surface area contributed by atoms with E-state index in [1.54, 1.807) is 0 Å². The first-order valence-corrected chi connectivity index (χ1v) is 10.4. The predicted octanol–water partition coefficient (Wildman–Crippen LogP) is 4.49. The van der Waals surface area contributed by atoms with Crippen molar-refractivity contribution >= 4 is 5.91 Å². The Morgan fingerprint density at radius 3 is 1.76 bits per heavy atom. The van der Waals surface area contributed by atoms with Gasteiger partial charge in [0.15, 0.2) is 0 Å². The summed E-state index contributed by atoms with van der Waals surface area (Å²) in [5, 5.41) is 0. The van der Waals surface area contributed by atoms with Crippen LogP contribution in [0.1, 0.15) is 79.1 Å². The van der Waals surface area contributed by atoms with E-state index in [0.29, 0.717) is 18.4 Å². The fourth-order valence-electron chi connectivity index (χ4n) is 2.54. The summed E-state index contributed by atoms with van der Waals surface area (Å²) in [4.78, 5) is 18.5. The SMILES string of the molecule is CC.CC(C)N(C)CCCCCCCCC(=O)N(C)CCCN(C)C. The van der Waals surface area contributed by atoms with Crippen LogP contribution in [0.4, 0.5) is 0 Å². The first kappa shape index (κ1) is 26.6. The minimum Gasteiger partial charge on any atom is -0.346 e. The van der Waals surface area contributed by atoms with Crippen LogP contribution < -0.4 is 0 Å². The minimum atomic E-state index is 0.308. The molecule has 0 radical (unpaired) electrons. The highest BCUT2D eigenvalue weighted by Gasteiger charge is 2.08. The van der Waals surface area contributed by atoms with E-state index < -0.39 is 0 Å². The highest BCUT2D eigenvalue weighted by atomic mass is 16.2. The average Bonchev–Trinajstić information content (AvgIpc) is 2.57. The van der Waals surface area contributed by atoms with Crippen molar-refractivity contribution in [3.63, 3.8) is 0 Å². The maximum Gasteiger partial charge on any atom is 0.222 e. The molecule has 4 nitrogen and oxygen atoms in total. The van der Waals surface area contributed by atoms with E-state index in [-0.39, 0.29) is 0 Å². The van der Waals surface area contributed by atoms with Crippen LogP contribution in [0, 0.1) is 0 Å². The standard InChI is InChI=1S/C19H41N3O.C2H6/c1-18(2)21(5)16-12-10-8-7-9-11-14-19(23)22(6)17-13-15-20(3)4;1-2/h18H,7-17H2,1-6H3;1-2H3. The van der Waals surface area contributed by atoms with Crippen LogP contribution in [0.5, 0.6) is 0 Å². The highest BCUT2D eigenvalue weighted by molar-refractivity contribution is 5.75. The monoisotopic (exact) mass is 357 g/mol. The molecule has 0 N–H and O–H groups in total. The van der Waals surface area contributed by atoms with E-state index in [1.807, 2.05) is 25.8 Å². The van der Waals surface area contributed by atoms with Gasteiger partial charge in [-0.3, -0.25) is 4.79 Å². The number of nitrogens with zero attached hydrogens (tertiary/aromatic N) is 3. The topological polar surface area (TPSA) is 26.8 Å². The lowest BCUT2D eigenvalue weighted by Crippen LogP contribution is -2.29. The number of hydrogen-bond acceptors (Lipinski definition) is 3. The van der Waals surface area contributed by atoms with Gasteiger partial charge in [-0.1, -0.05) is 39.5 Å². The van der Waals surface area contributed by atoms with Gasteiger partial charge in [0.25, 0.3) is 0 Å². The fourth-order valence-corrected chi connectivity index (χ4v) is 2.54. The molecule has 0 unspecified atom stereocenters. The molecule has 0 aliphatic rings. The van der Waals surface area contributed by atoms with Gasteiger partial charge in [0.2, 0.25) is 5.91 Å². The van der Waals surface area contributed by atoms with Crippen LogP contribution in [0.2, 0.25) is 0 Å². The van der Waals surface area contributed by atoms with Crippen LogP contribution >= 0.6 is 0 Å². The number of rotatable bonds is 14. The molecule has 0 atom stereocenters. The van der Waals surface area contributed by atoms with Crippen LogP contribution in [0.15, 0.2) is 0 Å². The second kappa shape index (κ2) is 18.2. The zero-order chi connectivity index (χ0) is 19.7. The summed E-state index contributed by atoms with van der Waals surface area (Å²) in [6.45, 7) is 11.6. The molecule has 0 rings (SSSR count). The zero-order valence-corrected chi connectivity index (χ0v) is 18.6. The van der Waals surface area contributed by atoms with Crippen molar-refractivity contribution in [1.82, 2.24) is 14.7 Å². The van der Waals surface area contributed by atoms with E-state index in [1.165, 1.54) is 38.6 Å². The number of carbonyl (C=O) groups excluding carboxylic acids is 1. The Kier molecular flexibility index (Phi) is 19.4. The lowest BCUT2D eigenvalue weighted by molar-refractivity contribution is -0.130. The molecule has 0 aromatic heterocycles. The number of hydrogen-bond donors (Lipinski definition) is 0. The molecule has 4 heteroatoms. The van der Waals surface area contributed by atoms with Crippen molar-refractivity contribution in [2.75, 3.05) is 47.8 Å². The van der Waals surface area contributed by atoms with E-state index in [0.717, 1.165) is 25.9 Å². The van der Waals surface area contributed by atoms with Gasteiger partial charge < -0.3 is 14.7 Å². The first-order chi connectivity index (χ1) is 11.8. The van der Waals surface area contributed by atoms with Crippen LogP contribution in [-0.2, 0) is 4.79 Å². The summed E-state index contributed by atoms with van der Waals surface area (Å²) >= 11 is 0. The van der Waals surface area contributed by atoms with E-state index >= 15 is 0 Å². The third-order valence-electron chi connectivity index (χ3n) is 4.56. The average molecular weight is 358 g/mol. The molecule has 0 fully saturated rings. The third kappa shape index (κ3) is 18.0. The molecule has 25 heavy (non-hydrogen) atoms. The Balaban J connectivity index is 0. The van der Waals surface area contributed by atoms with Crippen LogP contribution in [0.3, 0.4) is 0 Å². The van der Waals surface area contributed by atoms with Gasteiger partial charge >= 0.3 is 0 Å². The quantitative estimate of drug-likeness (QED) is 0.428. The summed E-state index contributed by atoms with van der Waals surface area (Å²) in [5.74, 6) is 0.308. The van der Waals surface area contributed by atoms with Gasteiger partial charge in [-0.25, -0.2) is 0 Å². The van der Waals surface area contributed by atoms with Crippen molar-refractivity contribution < 1.29 is 4.79 Å². The summed E-state index contributed by atoms with van der Waals surface area (Å²) in [6.07, 6.45) is 9.19. The molecule has 0 aliphatic carbocycles. The van der Waals surface area contributed by atoms with Gasteiger partial charge in [0.1, 0.15) is 0 Å². The Bertz CT molecular complexity index is 293. The van der Waals surface area contributed by atoms with Crippen molar-refractivity contribution in [3.8, 4) is 0 Å². The Labute approximate surface area is 158 Å². The second-order valence-electron chi connectivity index (χ2n) is 7.42. The van der Waals surface area contributed by atoms with Gasteiger partial charge in [-0.2, -0.15) is 0 Å². The predicted molar refractivity (Wildman–Crippen MR) is 112 cm³/mol. The molecule has 0 saturated carbocycles.